The molecule has 1 aromatic carbocycles. The van der Waals surface area contributed by atoms with Crippen LogP contribution in [0.15, 0.2) is 48.8 Å². The third-order valence-corrected chi connectivity index (χ3v) is 3.90. The summed E-state index contributed by atoms with van der Waals surface area (Å²) < 4.78 is 0. The number of hydrogen-bond donors (Lipinski definition) is 0. The third kappa shape index (κ3) is 3.70. The maximum atomic E-state index is 12.4. The Bertz CT molecular complexity index is 628. The topological polar surface area (TPSA) is 36.4 Å². The number of hydrogen-bond acceptors (Lipinski definition) is 3. The maximum absolute atomic E-state index is 12.4. The highest BCUT2D eigenvalue weighted by Gasteiger charge is 2.22. The first-order valence-corrected chi connectivity index (χ1v) is 7.31. The van der Waals surface area contributed by atoms with Crippen LogP contribution in [0, 0.1) is 0 Å². The standard InChI is InChI=1S/C16H16ClN3O.ClH/c17-14-2-1-3-15(12-14)19-8-10-20(11-9-19)16(21)13-4-6-18-7-5-13;/h1-7,12H,8-11H2;1H. The van der Waals surface area contributed by atoms with E-state index in [1.807, 2.05) is 29.2 Å². The second-order valence-corrected chi connectivity index (χ2v) is 5.43. The molecule has 1 aliphatic rings. The highest BCUT2D eigenvalue weighted by atomic mass is 35.5. The first-order valence-electron chi connectivity index (χ1n) is 6.94. The van der Waals surface area contributed by atoms with Crippen LogP contribution in [-0.2, 0) is 0 Å². The molecule has 6 heteroatoms. The fourth-order valence-electron chi connectivity index (χ4n) is 2.52. The van der Waals surface area contributed by atoms with E-state index in [0.29, 0.717) is 18.7 Å². The zero-order chi connectivity index (χ0) is 14.7. The van der Waals surface area contributed by atoms with Gasteiger partial charge in [-0.1, -0.05) is 17.7 Å². The van der Waals surface area contributed by atoms with Gasteiger partial charge in [0.15, 0.2) is 0 Å². The van der Waals surface area contributed by atoms with Gasteiger partial charge in [-0.3, -0.25) is 9.78 Å². The Morgan fingerprint density at radius 3 is 2.36 bits per heavy atom. The lowest BCUT2D eigenvalue weighted by Crippen LogP contribution is -2.48. The zero-order valence-electron chi connectivity index (χ0n) is 12.0. The van der Waals surface area contributed by atoms with Crippen LogP contribution in [0.4, 0.5) is 5.69 Å². The molecule has 1 amide bonds. The lowest BCUT2D eigenvalue weighted by Gasteiger charge is -2.36. The fraction of sp³-hybridized carbons (Fsp3) is 0.250. The van der Waals surface area contributed by atoms with Gasteiger partial charge in [0.2, 0.25) is 0 Å². The van der Waals surface area contributed by atoms with Crippen LogP contribution < -0.4 is 4.90 Å². The number of aromatic nitrogens is 1. The summed E-state index contributed by atoms with van der Waals surface area (Å²) in [4.78, 5) is 20.4. The van der Waals surface area contributed by atoms with Gasteiger partial charge in [-0.25, -0.2) is 0 Å². The molecule has 1 aromatic heterocycles. The Balaban J connectivity index is 0.00000176. The first kappa shape index (κ1) is 16.6. The van der Waals surface area contributed by atoms with E-state index in [1.165, 1.54) is 0 Å². The summed E-state index contributed by atoms with van der Waals surface area (Å²) in [7, 11) is 0. The van der Waals surface area contributed by atoms with E-state index < -0.39 is 0 Å². The average Bonchev–Trinajstić information content (AvgIpc) is 2.55. The molecule has 2 aromatic rings. The van der Waals surface area contributed by atoms with Crippen molar-refractivity contribution in [2.24, 2.45) is 0 Å². The number of halogens is 2. The molecule has 0 N–H and O–H groups in total. The van der Waals surface area contributed by atoms with Crippen molar-refractivity contribution in [3.05, 3.63) is 59.4 Å². The highest BCUT2D eigenvalue weighted by molar-refractivity contribution is 6.30. The van der Waals surface area contributed by atoms with Gasteiger partial charge in [0.1, 0.15) is 0 Å². The molecule has 1 fully saturated rings. The van der Waals surface area contributed by atoms with E-state index in [-0.39, 0.29) is 18.3 Å². The van der Waals surface area contributed by atoms with Crippen LogP contribution in [0.1, 0.15) is 10.4 Å². The van der Waals surface area contributed by atoms with Crippen molar-refractivity contribution < 1.29 is 4.79 Å². The second kappa shape index (κ2) is 7.47. The average molecular weight is 338 g/mol. The zero-order valence-corrected chi connectivity index (χ0v) is 13.6. The Kier molecular flexibility index (Phi) is 5.63. The normalized spacial score (nSPS) is 14.4. The Labute approximate surface area is 141 Å². The quantitative estimate of drug-likeness (QED) is 0.844. The minimum absolute atomic E-state index is 0. The molecule has 116 valence electrons. The minimum Gasteiger partial charge on any atom is -0.368 e. The number of piperazine rings is 1. The molecular weight excluding hydrogens is 321 g/mol. The van der Waals surface area contributed by atoms with Gasteiger partial charge < -0.3 is 9.80 Å². The maximum Gasteiger partial charge on any atom is 0.254 e. The molecule has 1 aliphatic heterocycles. The Hall–Kier alpha value is -1.78. The summed E-state index contributed by atoms with van der Waals surface area (Å²) in [6.45, 7) is 3.07. The van der Waals surface area contributed by atoms with E-state index in [1.54, 1.807) is 24.5 Å². The number of carbonyl (C=O) groups excluding carboxylic acids is 1. The molecule has 0 radical (unpaired) electrons. The van der Waals surface area contributed by atoms with Crippen molar-refractivity contribution >= 4 is 35.6 Å². The summed E-state index contributed by atoms with van der Waals surface area (Å²) in [5, 5.41) is 0.739. The largest absolute Gasteiger partial charge is 0.368 e. The molecule has 2 heterocycles. The number of pyridine rings is 1. The number of rotatable bonds is 2. The number of anilines is 1. The van der Waals surface area contributed by atoms with E-state index in [0.717, 1.165) is 23.8 Å². The van der Waals surface area contributed by atoms with Gasteiger partial charge in [0, 0.05) is 54.8 Å². The van der Waals surface area contributed by atoms with Crippen molar-refractivity contribution in [3.8, 4) is 0 Å². The molecule has 0 atom stereocenters. The van der Waals surface area contributed by atoms with Crippen LogP contribution in [0.3, 0.4) is 0 Å². The van der Waals surface area contributed by atoms with Gasteiger partial charge in [-0.05, 0) is 30.3 Å². The van der Waals surface area contributed by atoms with Crippen LogP contribution in [0.5, 0.6) is 0 Å². The van der Waals surface area contributed by atoms with E-state index in [9.17, 15) is 4.79 Å². The molecule has 4 nitrogen and oxygen atoms in total. The molecule has 22 heavy (non-hydrogen) atoms. The van der Waals surface area contributed by atoms with Crippen molar-refractivity contribution in [1.29, 1.82) is 0 Å². The number of amides is 1. The molecule has 3 rings (SSSR count). The minimum atomic E-state index is 0. The van der Waals surface area contributed by atoms with Gasteiger partial charge in [-0.2, -0.15) is 0 Å². The van der Waals surface area contributed by atoms with Crippen LogP contribution in [0.25, 0.3) is 0 Å². The molecule has 0 unspecified atom stereocenters. The summed E-state index contributed by atoms with van der Waals surface area (Å²) >= 11 is 6.03. The Morgan fingerprint density at radius 2 is 1.73 bits per heavy atom. The summed E-state index contributed by atoms with van der Waals surface area (Å²) in [6.07, 6.45) is 3.30. The smallest absolute Gasteiger partial charge is 0.254 e. The number of nitrogens with zero attached hydrogens (tertiary/aromatic N) is 3. The molecule has 0 aliphatic carbocycles. The molecule has 0 bridgehead atoms. The fourth-order valence-corrected chi connectivity index (χ4v) is 2.70. The molecule has 0 spiro atoms. The van der Waals surface area contributed by atoms with E-state index >= 15 is 0 Å². The lowest BCUT2D eigenvalue weighted by molar-refractivity contribution is 0.0746. The van der Waals surface area contributed by atoms with Crippen molar-refractivity contribution in [1.82, 2.24) is 9.88 Å². The van der Waals surface area contributed by atoms with Gasteiger partial charge in [0.25, 0.3) is 5.91 Å². The summed E-state index contributed by atoms with van der Waals surface area (Å²) in [5.74, 6) is 0.0724. The SMILES string of the molecule is Cl.O=C(c1ccncc1)N1CCN(c2cccc(Cl)c2)CC1. The molecule has 1 saturated heterocycles. The first-order chi connectivity index (χ1) is 10.2. The number of benzene rings is 1. The van der Waals surface area contributed by atoms with Crippen LogP contribution >= 0.6 is 24.0 Å². The van der Waals surface area contributed by atoms with Crippen molar-refractivity contribution in [3.63, 3.8) is 0 Å². The predicted octanol–water partition coefficient (Wildman–Crippen LogP) is 3.12. The Morgan fingerprint density at radius 1 is 1.05 bits per heavy atom. The summed E-state index contributed by atoms with van der Waals surface area (Å²) in [5.41, 5.74) is 1.81. The van der Waals surface area contributed by atoms with Gasteiger partial charge in [0.05, 0.1) is 0 Å². The van der Waals surface area contributed by atoms with Crippen LogP contribution in [-0.4, -0.2) is 42.0 Å². The predicted molar refractivity (Wildman–Crippen MR) is 91.1 cm³/mol. The van der Waals surface area contributed by atoms with Crippen molar-refractivity contribution in [2.75, 3.05) is 31.1 Å². The molecule has 0 saturated carbocycles. The highest BCUT2D eigenvalue weighted by Crippen LogP contribution is 2.21. The van der Waals surface area contributed by atoms with Gasteiger partial charge in [-0.15, -0.1) is 12.4 Å². The van der Waals surface area contributed by atoms with Gasteiger partial charge >= 0.3 is 0 Å². The number of carbonyl (C=O) groups is 1. The van der Waals surface area contributed by atoms with Crippen LogP contribution in [0.2, 0.25) is 5.02 Å². The third-order valence-electron chi connectivity index (χ3n) is 3.67. The molecular formula is C16H17Cl2N3O. The summed E-state index contributed by atoms with van der Waals surface area (Å²) in [6, 6.07) is 11.3. The van der Waals surface area contributed by atoms with E-state index in [4.69, 9.17) is 11.6 Å². The van der Waals surface area contributed by atoms with E-state index in [2.05, 4.69) is 9.88 Å². The second-order valence-electron chi connectivity index (χ2n) is 5.00. The van der Waals surface area contributed by atoms with Crippen molar-refractivity contribution in [2.45, 2.75) is 0 Å². The monoisotopic (exact) mass is 337 g/mol. The lowest BCUT2D eigenvalue weighted by atomic mass is 10.2.